The van der Waals surface area contributed by atoms with Crippen LogP contribution in [0.2, 0.25) is 0 Å². The molecule has 1 aromatic rings. The van der Waals surface area contributed by atoms with E-state index in [1.165, 1.54) is 20.3 Å². The average molecular weight is 344 g/mol. The van der Waals surface area contributed by atoms with Crippen molar-refractivity contribution in [1.29, 1.82) is 0 Å². The van der Waals surface area contributed by atoms with E-state index in [0.29, 0.717) is 6.42 Å². The summed E-state index contributed by atoms with van der Waals surface area (Å²) < 4.78 is 33.0. The van der Waals surface area contributed by atoms with Gasteiger partial charge in [0, 0.05) is 6.04 Å². The molecule has 1 saturated heterocycles. The van der Waals surface area contributed by atoms with Gasteiger partial charge in [-0.1, -0.05) is 0 Å². The predicted molar refractivity (Wildman–Crippen MR) is 83.5 cm³/mol. The zero-order chi connectivity index (χ0) is 17.0. The van der Waals surface area contributed by atoms with Crippen LogP contribution in [0.4, 0.5) is 5.95 Å². The van der Waals surface area contributed by atoms with E-state index in [1.807, 2.05) is 0 Å². The van der Waals surface area contributed by atoms with E-state index >= 15 is 0 Å². The van der Waals surface area contributed by atoms with Crippen LogP contribution in [-0.4, -0.2) is 74.6 Å². The van der Waals surface area contributed by atoms with Crippen molar-refractivity contribution >= 4 is 21.7 Å². The number of aromatic nitrogens is 2. The molecule has 0 radical (unpaired) electrons. The molecule has 0 spiro atoms. The van der Waals surface area contributed by atoms with Crippen LogP contribution in [-0.2, 0) is 14.6 Å². The number of carbonyl (C=O) groups excluding carboxylic acids is 1. The third-order valence-corrected chi connectivity index (χ3v) is 5.32. The highest BCUT2D eigenvalue weighted by atomic mass is 32.2. The Bertz CT molecular complexity index is 657. The summed E-state index contributed by atoms with van der Waals surface area (Å²) >= 11 is 0. The quantitative estimate of drug-likeness (QED) is 0.739. The highest BCUT2D eigenvalue weighted by Crippen LogP contribution is 2.18. The van der Waals surface area contributed by atoms with E-state index in [1.54, 1.807) is 11.9 Å². The normalized spacial score (nSPS) is 19.6. The Morgan fingerprint density at radius 3 is 2.43 bits per heavy atom. The first-order chi connectivity index (χ1) is 10.8. The molecule has 2 rings (SSSR count). The SMILES string of the molecule is COc1cc(OC)nc(NC(=O)CN(C)[C@@H]2CCS(=O)(=O)C2)n1. The number of ether oxygens (including phenoxy) is 2. The van der Waals surface area contributed by atoms with E-state index in [-0.39, 0.29) is 47.7 Å². The number of carbonyl (C=O) groups is 1. The van der Waals surface area contributed by atoms with Crippen molar-refractivity contribution in [3.05, 3.63) is 6.07 Å². The molecular formula is C13H20N4O5S. The number of sulfone groups is 1. The topological polar surface area (TPSA) is 111 Å². The Balaban J connectivity index is 1.97. The first-order valence-electron chi connectivity index (χ1n) is 7.00. The van der Waals surface area contributed by atoms with Gasteiger partial charge in [0.05, 0.1) is 38.3 Å². The average Bonchev–Trinajstić information content (AvgIpc) is 2.86. The van der Waals surface area contributed by atoms with Crippen molar-refractivity contribution < 1.29 is 22.7 Å². The van der Waals surface area contributed by atoms with Crippen LogP contribution >= 0.6 is 0 Å². The van der Waals surface area contributed by atoms with Crippen LogP contribution in [0.15, 0.2) is 6.07 Å². The maximum absolute atomic E-state index is 12.1. The maximum atomic E-state index is 12.1. The van der Waals surface area contributed by atoms with Crippen molar-refractivity contribution in [2.45, 2.75) is 12.5 Å². The summed E-state index contributed by atoms with van der Waals surface area (Å²) in [6.07, 6.45) is 0.537. The second-order valence-electron chi connectivity index (χ2n) is 5.30. The molecule has 0 aliphatic carbocycles. The smallest absolute Gasteiger partial charge is 0.240 e. The molecule has 1 amide bonds. The zero-order valence-electron chi connectivity index (χ0n) is 13.3. The van der Waals surface area contributed by atoms with E-state index < -0.39 is 9.84 Å². The van der Waals surface area contributed by atoms with Crippen molar-refractivity contribution in [1.82, 2.24) is 14.9 Å². The third kappa shape index (κ3) is 4.76. The van der Waals surface area contributed by atoms with Crippen LogP contribution in [0.3, 0.4) is 0 Å². The van der Waals surface area contributed by atoms with Gasteiger partial charge >= 0.3 is 0 Å². The zero-order valence-corrected chi connectivity index (χ0v) is 14.1. The number of likely N-dealkylation sites (N-methyl/N-ethyl adjacent to an activating group) is 1. The molecule has 9 nitrogen and oxygen atoms in total. The van der Waals surface area contributed by atoms with Gasteiger partial charge in [-0.25, -0.2) is 8.42 Å². The number of hydrogen-bond acceptors (Lipinski definition) is 8. The Morgan fingerprint density at radius 1 is 1.35 bits per heavy atom. The van der Waals surface area contributed by atoms with Gasteiger partial charge in [0.1, 0.15) is 0 Å². The largest absolute Gasteiger partial charge is 0.481 e. The first-order valence-corrected chi connectivity index (χ1v) is 8.82. The lowest BCUT2D eigenvalue weighted by molar-refractivity contribution is -0.117. The highest BCUT2D eigenvalue weighted by Gasteiger charge is 2.31. The van der Waals surface area contributed by atoms with Crippen molar-refractivity contribution in [2.24, 2.45) is 0 Å². The Labute approximate surface area is 134 Å². The number of anilines is 1. The number of hydrogen-bond donors (Lipinski definition) is 1. The van der Waals surface area contributed by atoms with Crippen LogP contribution in [0, 0.1) is 0 Å². The second-order valence-corrected chi connectivity index (χ2v) is 7.53. The van der Waals surface area contributed by atoms with Crippen molar-refractivity contribution in [2.75, 3.05) is 44.6 Å². The lowest BCUT2D eigenvalue weighted by atomic mass is 10.2. The summed E-state index contributed by atoms with van der Waals surface area (Å²) in [5.41, 5.74) is 0. The monoisotopic (exact) mass is 344 g/mol. The molecule has 1 aliphatic rings. The second kappa shape index (κ2) is 7.09. The van der Waals surface area contributed by atoms with Crippen LogP contribution in [0.5, 0.6) is 11.8 Å². The molecule has 2 heterocycles. The first kappa shape index (κ1) is 17.4. The summed E-state index contributed by atoms with van der Waals surface area (Å²) in [5, 5.41) is 2.55. The fourth-order valence-corrected chi connectivity index (χ4v) is 4.12. The molecule has 0 unspecified atom stereocenters. The van der Waals surface area contributed by atoms with Gasteiger partial charge < -0.3 is 9.47 Å². The molecule has 128 valence electrons. The Morgan fingerprint density at radius 2 is 1.96 bits per heavy atom. The maximum Gasteiger partial charge on any atom is 0.240 e. The summed E-state index contributed by atoms with van der Waals surface area (Å²) in [5.74, 6) is 0.510. The minimum atomic E-state index is -2.98. The van der Waals surface area contributed by atoms with E-state index in [2.05, 4.69) is 15.3 Å². The highest BCUT2D eigenvalue weighted by molar-refractivity contribution is 7.91. The molecule has 10 heteroatoms. The Kier molecular flexibility index (Phi) is 5.37. The van der Waals surface area contributed by atoms with Gasteiger partial charge in [0.15, 0.2) is 9.84 Å². The third-order valence-electron chi connectivity index (χ3n) is 3.57. The fraction of sp³-hybridized carbons (Fsp3) is 0.615. The molecular weight excluding hydrogens is 324 g/mol. The van der Waals surface area contributed by atoms with Gasteiger partial charge in [-0.05, 0) is 13.5 Å². The lowest BCUT2D eigenvalue weighted by Gasteiger charge is -2.22. The standard InChI is InChI=1S/C13H20N4O5S/c1-17(9-4-5-23(19,20)8-9)7-10(18)14-13-15-11(21-2)6-12(16-13)22-3/h6,9H,4-5,7-8H2,1-3H3,(H,14,15,16,18)/t9-/m1/s1. The molecule has 0 saturated carbocycles. The summed E-state index contributed by atoms with van der Waals surface area (Å²) in [4.78, 5) is 21.8. The molecule has 1 aliphatic heterocycles. The minimum Gasteiger partial charge on any atom is -0.481 e. The number of methoxy groups -OCH3 is 2. The van der Waals surface area contributed by atoms with Gasteiger partial charge in [0.25, 0.3) is 0 Å². The summed E-state index contributed by atoms with van der Waals surface area (Å²) in [7, 11) is 1.63. The lowest BCUT2D eigenvalue weighted by Crippen LogP contribution is -2.38. The molecule has 1 fully saturated rings. The molecule has 0 bridgehead atoms. The minimum absolute atomic E-state index is 0.0447. The number of amides is 1. The predicted octanol–water partition coefficient (Wildman–Crippen LogP) is -0.449. The fourth-order valence-electron chi connectivity index (χ4n) is 2.31. The number of nitrogens with one attached hydrogen (secondary N) is 1. The molecule has 0 aromatic carbocycles. The molecule has 1 aromatic heterocycles. The van der Waals surface area contributed by atoms with E-state index in [9.17, 15) is 13.2 Å². The summed E-state index contributed by atoms with van der Waals surface area (Å²) in [6, 6.07) is 1.34. The number of nitrogens with zero attached hydrogens (tertiary/aromatic N) is 3. The van der Waals surface area contributed by atoms with Crippen LogP contribution in [0.1, 0.15) is 6.42 Å². The van der Waals surface area contributed by atoms with E-state index in [4.69, 9.17) is 9.47 Å². The molecule has 1 atom stereocenters. The van der Waals surface area contributed by atoms with Crippen molar-refractivity contribution in [3.63, 3.8) is 0 Å². The van der Waals surface area contributed by atoms with Crippen LogP contribution < -0.4 is 14.8 Å². The van der Waals surface area contributed by atoms with E-state index in [0.717, 1.165) is 0 Å². The molecule has 1 N–H and O–H groups in total. The number of rotatable bonds is 6. The van der Waals surface area contributed by atoms with Crippen LogP contribution in [0.25, 0.3) is 0 Å². The van der Waals surface area contributed by atoms with Gasteiger partial charge in [0.2, 0.25) is 23.6 Å². The van der Waals surface area contributed by atoms with Gasteiger partial charge in [-0.3, -0.25) is 15.0 Å². The Hall–Kier alpha value is -1.94. The summed E-state index contributed by atoms with van der Waals surface area (Å²) in [6.45, 7) is 0.0447. The van der Waals surface area contributed by atoms with Gasteiger partial charge in [-0.2, -0.15) is 9.97 Å². The molecule has 23 heavy (non-hydrogen) atoms. The van der Waals surface area contributed by atoms with Gasteiger partial charge in [-0.15, -0.1) is 0 Å². The van der Waals surface area contributed by atoms with Crippen molar-refractivity contribution in [3.8, 4) is 11.8 Å².